The SMILES string of the molecule is CCCOC(=O)N[C@H](C(=O)OCCC)C(C)C. The second-order valence-corrected chi connectivity index (χ2v) is 4.17. The van der Waals surface area contributed by atoms with Gasteiger partial charge in [0.1, 0.15) is 6.04 Å². The molecule has 1 N–H and O–H groups in total. The number of hydrogen-bond donors (Lipinski definition) is 1. The van der Waals surface area contributed by atoms with Crippen LogP contribution in [0.2, 0.25) is 0 Å². The molecule has 5 nitrogen and oxygen atoms in total. The van der Waals surface area contributed by atoms with Crippen LogP contribution in [0.1, 0.15) is 40.5 Å². The van der Waals surface area contributed by atoms with Crippen molar-refractivity contribution in [2.75, 3.05) is 13.2 Å². The molecule has 1 atom stereocenters. The van der Waals surface area contributed by atoms with Crippen molar-refractivity contribution in [3.63, 3.8) is 0 Å². The lowest BCUT2D eigenvalue weighted by atomic mass is 10.1. The van der Waals surface area contributed by atoms with E-state index in [1.54, 1.807) is 0 Å². The zero-order chi connectivity index (χ0) is 13.3. The van der Waals surface area contributed by atoms with E-state index in [-0.39, 0.29) is 5.92 Å². The lowest BCUT2D eigenvalue weighted by Crippen LogP contribution is -2.45. The van der Waals surface area contributed by atoms with Crippen molar-refractivity contribution >= 4 is 12.1 Å². The number of carbonyl (C=O) groups is 2. The van der Waals surface area contributed by atoms with Crippen molar-refractivity contribution in [2.45, 2.75) is 46.6 Å². The summed E-state index contributed by atoms with van der Waals surface area (Å²) < 4.78 is 9.88. The van der Waals surface area contributed by atoms with E-state index in [1.807, 2.05) is 27.7 Å². The zero-order valence-corrected chi connectivity index (χ0v) is 11.1. The Morgan fingerprint density at radius 3 is 2.06 bits per heavy atom. The van der Waals surface area contributed by atoms with Crippen molar-refractivity contribution in [3.8, 4) is 0 Å². The molecular weight excluding hydrogens is 222 g/mol. The van der Waals surface area contributed by atoms with E-state index in [2.05, 4.69) is 5.32 Å². The van der Waals surface area contributed by atoms with Crippen molar-refractivity contribution in [2.24, 2.45) is 5.92 Å². The number of amides is 1. The Kier molecular flexibility index (Phi) is 8.19. The van der Waals surface area contributed by atoms with Gasteiger partial charge in [-0.15, -0.1) is 0 Å². The number of carbonyl (C=O) groups excluding carboxylic acids is 2. The van der Waals surface area contributed by atoms with Gasteiger partial charge in [0.25, 0.3) is 0 Å². The molecule has 0 aliphatic carbocycles. The maximum atomic E-state index is 11.7. The van der Waals surface area contributed by atoms with Crippen LogP contribution >= 0.6 is 0 Å². The lowest BCUT2D eigenvalue weighted by Gasteiger charge is -2.20. The van der Waals surface area contributed by atoms with Crippen LogP contribution in [0.3, 0.4) is 0 Å². The summed E-state index contributed by atoms with van der Waals surface area (Å²) in [4.78, 5) is 23.0. The van der Waals surface area contributed by atoms with Crippen LogP contribution in [0.15, 0.2) is 0 Å². The molecule has 0 rings (SSSR count). The number of esters is 1. The minimum Gasteiger partial charge on any atom is -0.464 e. The van der Waals surface area contributed by atoms with Gasteiger partial charge in [0.2, 0.25) is 0 Å². The highest BCUT2D eigenvalue weighted by Crippen LogP contribution is 2.05. The van der Waals surface area contributed by atoms with E-state index in [0.717, 1.165) is 12.8 Å². The average molecular weight is 245 g/mol. The largest absolute Gasteiger partial charge is 0.464 e. The molecule has 0 radical (unpaired) electrons. The summed E-state index contributed by atoms with van der Waals surface area (Å²) >= 11 is 0. The highest BCUT2D eigenvalue weighted by Gasteiger charge is 2.25. The summed E-state index contributed by atoms with van der Waals surface area (Å²) in [5.41, 5.74) is 0. The van der Waals surface area contributed by atoms with E-state index < -0.39 is 18.1 Å². The van der Waals surface area contributed by atoms with Gasteiger partial charge in [0, 0.05) is 0 Å². The van der Waals surface area contributed by atoms with Crippen LogP contribution in [0.25, 0.3) is 0 Å². The molecule has 0 aromatic rings. The predicted molar refractivity (Wildman–Crippen MR) is 64.7 cm³/mol. The van der Waals surface area contributed by atoms with Gasteiger partial charge in [-0.25, -0.2) is 9.59 Å². The molecule has 1 amide bonds. The predicted octanol–water partition coefficient (Wildman–Crippen LogP) is 2.10. The second-order valence-electron chi connectivity index (χ2n) is 4.17. The highest BCUT2D eigenvalue weighted by molar-refractivity contribution is 5.81. The fraction of sp³-hybridized carbons (Fsp3) is 0.833. The molecule has 0 spiro atoms. The van der Waals surface area contributed by atoms with Crippen molar-refractivity contribution in [1.29, 1.82) is 0 Å². The molecule has 0 unspecified atom stereocenters. The van der Waals surface area contributed by atoms with Gasteiger partial charge in [-0.3, -0.25) is 0 Å². The Bertz CT molecular complexity index is 241. The highest BCUT2D eigenvalue weighted by atomic mass is 16.6. The monoisotopic (exact) mass is 245 g/mol. The minimum atomic E-state index is -0.647. The molecule has 17 heavy (non-hydrogen) atoms. The Morgan fingerprint density at radius 2 is 1.59 bits per heavy atom. The molecule has 0 saturated heterocycles. The smallest absolute Gasteiger partial charge is 0.407 e. The molecule has 5 heteroatoms. The molecule has 0 heterocycles. The van der Waals surface area contributed by atoms with Gasteiger partial charge >= 0.3 is 12.1 Å². The standard InChI is InChI=1S/C12H23NO4/c1-5-7-16-11(14)10(9(3)4)13-12(15)17-8-6-2/h9-10H,5-8H2,1-4H3,(H,13,15)/t10-/m0/s1. The Balaban J connectivity index is 4.23. The first kappa shape index (κ1) is 15.7. The third-order valence-corrected chi connectivity index (χ3v) is 2.08. The number of ether oxygens (including phenoxy) is 2. The van der Waals surface area contributed by atoms with Gasteiger partial charge in [0.15, 0.2) is 0 Å². The average Bonchev–Trinajstić information content (AvgIpc) is 2.29. The summed E-state index contributed by atoms with van der Waals surface area (Å²) in [7, 11) is 0. The molecule has 0 saturated carbocycles. The summed E-state index contributed by atoms with van der Waals surface area (Å²) in [6.45, 7) is 8.23. The lowest BCUT2D eigenvalue weighted by molar-refractivity contribution is -0.147. The number of rotatable bonds is 7. The molecule has 0 bridgehead atoms. The van der Waals surface area contributed by atoms with E-state index in [0.29, 0.717) is 13.2 Å². The minimum absolute atomic E-state index is 0.0338. The molecule has 0 fully saturated rings. The van der Waals surface area contributed by atoms with Crippen LogP contribution in [0.5, 0.6) is 0 Å². The summed E-state index contributed by atoms with van der Waals surface area (Å²) in [6.07, 6.45) is 0.940. The maximum Gasteiger partial charge on any atom is 0.407 e. The summed E-state index contributed by atoms with van der Waals surface area (Å²) in [6, 6.07) is -0.647. The van der Waals surface area contributed by atoms with E-state index >= 15 is 0 Å². The van der Waals surface area contributed by atoms with E-state index in [1.165, 1.54) is 0 Å². The fourth-order valence-electron chi connectivity index (χ4n) is 1.15. The second kappa shape index (κ2) is 8.84. The molecule has 0 aliphatic rings. The first-order chi connectivity index (χ1) is 8.02. The number of alkyl carbamates (subject to hydrolysis) is 1. The number of hydrogen-bond acceptors (Lipinski definition) is 4. The Morgan fingerprint density at radius 1 is 1.06 bits per heavy atom. The van der Waals surface area contributed by atoms with Crippen LogP contribution in [0.4, 0.5) is 4.79 Å². The van der Waals surface area contributed by atoms with Gasteiger partial charge < -0.3 is 14.8 Å². The Labute approximate surface area is 103 Å². The molecule has 0 aliphatic heterocycles. The fourth-order valence-corrected chi connectivity index (χ4v) is 1.15. The molecular formula is C12H23NO4. The normalized spacial score (nSPS) is 12.1. The van der Waals surface area contributed by atoms with E-state index in [9.17, 15) is 9.59 Å². The Hall–Kier alpha value is -1.26. The van der Waals surface area contributed by atoms with Crippen LogP contribution in [-0.2, 0) is 14.3 Å². The van der Waals surface area contributed by atoms with Gasteiger partial charge in [0.05, 0.1) is 13.2 Å². The molecule has 0 aromatic carbocycles. The van der Waals surface area contributed by atoms with Crippen LogP contribution in [-0.4, -0.2) is 31.3 Å². The first-order valence-electron chi connectivity index (χ1n) is 6.12. The quantitative estimate of drug-likeness (QED) is 0.698. The van der Waals surface area contributed by atoms with Crippen molar-refractivity contribution < 1.29 is 19.1 Å². The molecule has 100 valence electrons. The van der Waals surface area contributed by atoms with Gasteiger partial charge in [-0.05, 0) is 18.8 Å². The first-order valence-corrected chi connectivity index (χ1v) is 6.12. The maximum absolute atomic E-state index is 11.7. The van der Waals surface area contributed by atoms with Crippen LogP contribution < -0.4 is 5.32 Å². The summed E-state index contributed by atoms with van der Waals surface area (Å²) in [5, 5.41) is 2.52. The van der Waals surface area contributed by atoms with Crippen molar-refractivity contribution in [1.82, 2.24) is 5.32 Å². The van der Waals surface area contributed by atoms with Gasteiger partial charge in [-0.1, -0.05) is 27.7 Å². The van der Waals surface area contributed by atoms with Crippen LogP contribution in [0, 0.1) is 5.92 Å². The topological polar surface area (TPSA) is 64.6 Å². The number of nitrogens with one attached hydrogen (secondary N) is 1. The van der Waals surface area contributed by atoms with E-state index in [4.69, 9.17) is 9.47 Å². The van der Waals surface area contributed by atoms with Gasteiger partial charge in [-0.2, -0.15) is 0 Å². The van der Waals surface area contributed by atoms with Crippen molar-refractivity contribution in [3.05, 3.63) is 0 Å². The molecule has 0 aromatic heterocycles. The summed E-state index contributed by atoms with van der Waals surface area (Å²) in [5.74, 6) is -0.441. The zero-order valence-electron chi connectivity index (χ0n) is 11.1. The third-order valence-electron chi connectivity index (χ3n) is 2.08. The third kappa shape index (κ3) is 6.81.